The van der Waals surface area contributed by atoms with Crippen LogP contribution in [-0.4, -0.2) is 15.8 Å². The van der Waals surface area contributed by atoms with Crippen LogP contribution in [0.3, 0.4) is 0 Å². The summed E-state index contributed by atoms with van der Waals surface area (Å²) in [7, 11) is 0. The molecule has 3 nitrogen and oxygen atoms in total. The zero-order chi connectivity index (χ0) is 20.8. The molecule has 0 aliphatic heterocycles. The van der Waals surface area contributed by atoms with Crippen LogP contribution in [0.15, 0.2) is 103 Å². The highest BCUT2D eigenvalue weighted by atomic mass is 16.1. The van der Waals surface area contributed by atoms with Crippen molar-refractivity contribution in [1.29, 1.82) is 0 Å². The first-order valence-electron chi connectivity index (χ1n) is 10.5. The largest absolute Gasteiger partial charge is 0.361 e. The molecule has 2 heterocycles. The van der Waals surface area contributed by atoms with E-state index in [1.807, 2.05) is 79.1 Å². The Balaban J connectivity index is 1.63. The van der Waals surface area contributed by atoms with E-state index in [1.54, 1.807) is 0 Å². The summed E-state index contributed by atoms with van der Waals surface area (Å²) in [6, 6.07) is 30.4. The van der Waals surface area contributed by atoms with Crippen LogP contribution in [0.25, 0.3) is 32.6 Å². The zero-order valence-corrected chi connectivity index (χ0v) is 16.8. The third kappa shape index (κ3) is 2.78. The first kappa shape index (κ1) is 17.7. The molecule has 0 unspecified atom stereocenters. The van der Waals surface area contributed by atoms with Crippen molar-refractivity contribution in [2.45, 2.75) is 5.92 Å². The summed E-state index contributed by atoms with van der Waals surface area (Å²) in [4.78, 5) is 20.9. The molecular weight excluding hydrogens is 380 g/mol. The van der Waals surface area contributed by atoms with Gasteiger partial charge >= 0.3 is 0 Å². The van der Waals surface area contributed by atoms with Gasteiger partial charge in [-0.2, -0.15) is 0 Å². The predicted molar refractivity (Wildman–Crippen MR) is 127 cm³/mol. The fourth-order valence-corrected chi connectivity index (χ4v) is 4.71. The van der Waals surface area contributed by atoms with Crippen LogP contribution < -0.4 is 0 Å². The highest BCUT2D eigenvalue weighted by Crippen LogP contribution is 2.38. The molecule has 0 saturated carbocycles. The van der Waals surface area contributed by atoms with Gasteiger partial charge in [0.1, 0.15) is 0 Å². The lowest BCUT2D eigenvalue weighted by atomic mass is 9.83. The quantitative estimate of drug-likeness (QED) is 0.314. The Hall–Kier alpha value is -4.11. The second-order valence-corrected chi connectivity index (χ2v) is 7.90. The maximum atomic E-state index is 14.2. The first-order valence-corrected chi connectivity index (χ1v) is 10.5. The third-order valence-corrected chi connectivity index (χ3v) is 6.18. The van der Waals surface area contributed by atoms with E-state index in [0.29, 0.717) is 0 Å². The lowest BCUT2D eigenvalue weighted by Gasteiger charge is -2.17. The van der Waals surface area contributed by atoms with Gasteiger partial charge in [-0.25, -0.2) is 0 Å². The molecule has 0 bridgehead atoms. The second kappa shape index (κ2) is 6.99. The van der Waals surface area contributed by atoms with E-state index in [0.717, 1.165) is 49.3 Å². The minimum absolute atomic E-state index is 0.103. The van der Waals surface area contributed by atoms with E-state index < -0.39 is 5.92 Å². The Kier molecular flexibility index (Phi) is 4.00. The van der Waals surface area contributed by atoms with Crippen LogP contribution in [0, 0.1) is 0 Å². The molecule has 0 radical (unpaired) electrons. The van der Waals surface area contributed by atoms with Gasteiger partial charge in [0.25, 0.3) is 0 Å². The van der Waals surface area contributed by atoms with Crippen molar-refractivity contribution in [3.8, 4) is 0 Å². The molecule has 0 spiro atoms. The maximum absolute atomic E-state index is 14.2. The number of para-hydroxylation sites is 2. The van der Waals surface area contributed by atoms with Crippen molar-refractivity contribution in [3.63, 3.8) is 0 Å². The molecule has 2 N–H and O–H groups in total. The summed E-state index contributed by atoms with van der Waals surface area (Å²) in [5, 5.41) is 4.21. The van der Waals surface area contributed by atoms with E-state index >= 15 is 0 Å². The molecule has 0 fully saturated rings. The Labute approximate surface area is 179 Å². The van der Waals surface area contributed by atoms with E-state index in [2.05, 4.69) is 34.2 Å². The number of carbonyl (C=O) groups is 1. The standard InChI is InChI=1S/C28H20N2O/c31-28(22-13-7-9-18-8-1-2-10-19(18)22)27(23-16-29-25-14-5-3-11-20(23)25)24-17-30-26-15-6-4-12-21(24)26/h1-17,27,29-30H. The average Bonchev–Trinajstić information content (AvgIpc) is 3.44. The number of aromatic nitrogens is 2. The Morgan fingerprint density at radius 3 is 1.74 bits per heavy atom. The predicted octanol–water partition coefficient (Wildman–Crippen LogP) is 6.82. The molecule has 31 heavy (non-hydrogen) atoms. The summed E-state index contributed by atoms with van der Waals surface area (Å²) in [6.45, 7) is 0. The lowest BCUT2D eigenvalue weighted by molar-refractivity contribution is 0.0976. The third-order valence-electron chi connectivity index (χ3n) is 6.18. The number of fused-ring (bicyclic) bond motifs is 3. The smallest absolute Gasteiger partial charge is 0.175 e. The molecular formula is C28H20N2O. The number of benzene rings is 4. The molecule has 0 amide bonds. The zero-order valence-electron chi connectivity index (χ0n) is 16.8. The number of nitrogens with one attached hydrogen (secondary N) is 2. The number of hydrogen-bond donors (Lipinski definition) is 2. The van der Waals surface area contributed by atoms with Crippen molar-refractivity contribution in [3.05, 3.63) is 120 Å². The number of hydrogen-bond acceptors (Lipinski definition) is 1. The van der Waals surface area contributed by atoms with E-state index in [-0.39, 0.29) is 5.78 Å². The summed E-state index contributed by atoms with van der Waals surface area (Å²) >= 11 is 0. The molecule has 6 aromatic rings. The molecule has 0 saturated heterocycles. The molecule has 4 aromatic carbocycles. The van der Waals surface area contributed by atoms with Crippen LogP contribution >= 0.6 is 0 Å². The van der Waals surface area contributed by atoms with Crippen molar-refractivity contribution in [2.75, 3.05) is 0 Å². The highest BCUT2D eigenvalue weighted by Gasteiger charge is 2.29. The molecule has 2 aromatic heterocycles. The topological polar surface area (TPSA) is 48.6 Å². The Bertz CT molecular complexity index is 1490. The number of ketones is 1. The fourth-order valence-electron chi connectivity index (χ4n) is 4.71. The number of carbonyl (C=O) groups excluding carboxylic acids is 1. The van der Waals surface area contributed by atoms with E-state index in [9.17, 15) is 4.79 Å². The minimum atomic E-state index is -0.418. The summed E-state index contributed by atoms with van der Waals surface area (Å²) in [5.74, 6) is -0.315. The molecule has 148 valence electrons. The molecule has 3 heteroatoms. The molecule has 0 aliphatic rings. The minimum Gasteiger partial charge on any atom is -0.361 e. The number of rotatable bonds is 4. The van der Waals surface area contributed by atoms with Crippen molar-refractivity contribution in [1.82, 2.24) is 9.97 Å². The normalized spacial score (nSPS) is 11.6. The van der Waals surface area contributed by atoms with Gasteiger partial charge in [0.2, 0.25) is 0 Å². The average molecular weight is 400 g/mol. The maximum Gasteiger partial charge on any atom is 0.175 e. The van der Waals surface area contributed by atoms with Gasteiger partial charge in [0.05, 0.1) is 5.92 Å². The summed E-state index contributed by atoms with van der Waals surface area (Å²) < 4.78 is 0. The lowest BCUT2D eigenvalue weighted by Crippen LogP contribution is -2.14. The summed E-state index contributed by atoms with van der Waals surface area (Å²) in [6.07, 6.45) is 3.97. The van der Waals surface area contributed by atoms with Gasteiger partial charge in [-0.15, -0.1) is 0 Å². The molecule has 0 atom stereocenters. The van der Waals surface area contributed by atoms with Crippen LogP contribution in [0.1, 0.15) is 27.4 Å². The second-order valence-electron chi connectivity index (χ2n) is 7.90. The van der Waals surface area contributed by atoms with Crippen molar-refractivity contribution >= 4 is 38.4 Å². The SMILES string of the molecule is O=C(c1cccc2ccccc12)C(c1c[nH]c2ccccc12)c1c[nH]c2ccccc12. The van der Waals surface area contributed by atoms with Gasteiger partial charge in [-0.3, -0.25) is 4.79 Å². The highest BCUT2D eigenvalue weighted by molar-refractivity contribution is 6.14. The Morgan fingerprint density at radius 1 is 0.581 bits per heavy atom. The van der Waals surface area contributed by atoms with Crippen LogP contribution in [0.4, 0.5) is 0 Å². The monoisotopic (exact) mass is 400 g/mol. The van der Waals surface area contributed by atoms with E-state index in [1.165, 1.54) is 0 Å². The van der Waals surface area contributed by atoms with Gasteiger partial charge in [-0.1, -0.05) is 78.9 Å². The van der Waals surface area contributed by atoms with Gasteiger partial charge in [-0.05, 0) is 34.0 Å². The number of aromatic amines is 2. The number of Topliss-reactive ketones (excluding diaryl/α,β-unsaturated/α-hetero) is 1. The first-order chi connectivity index (χ1) is 15.3. The van der Waals surface area contributed by atoms with Crippen LogP contribution in [0.2, 0.25) is 0 Å². The number of H-pyrrole nitrogens is 2. The van der Waals surface area contributed by atoms with Crippen molar-refractivity contribution < 1.29 is 4.79 Å². The molecule has 6 rings (SSSR count). The van der Waals surface area contributed by atoms with Gasteiger partial charge < -0.3 is 9.97 Å². The van der Waals surface area contributed by atoms with Crippen LogP contribution in [0.5, 0.6) is 0 Å². The van der Waals surface area contributed by atoms with Gasteiger partial charge in [0.15, 0.2) is 5.78 Å². The summed E-state index contributed by atoms with van der Waals surface area (Å²) in [5.41, 5.74) is 4.82. The van der Waals surface area contributed by atoms with Crippen LogP contribution in [-0.2, 0) is 0 Å². The Morgan fingerprint density at radius 2 is 1.10 bits per heavy atom. The molecule has 0 aliphatic carbocycles. The fraction of sp³-hybridized carbons (Fsp3) is 0.0357. The van der Waals surface area contributed by atoms with Crippen molar-refractivity contribution in [2.24, 2.45) is 0 Å². The van der Waals surface area contributed by atoms with E-state index in [4.69, 9.17) is 0 Å². The van der Waals surface area contributed by atoms with Gasteiger partial charge in [0, 0.05) is 39.8 Å².